The molecule has 0 spiro atoms. The normalized spacial score (nSPS) is 11.8. The maximum absolute atomic E-state index is 5.46. The number of fused-ring (bicyclic) bond motifs is 14. The number of aromatic nitrogens is 4. The van der Waals surface area contributed by atoms with Gasteiger partial charge in [-0.15, -0.1) is 0 Å². The van der Waals surface area contributed by atoms with Crippen LogP contribution in [0.1, 0.15) is 0 Å². The van der Waals surface area contributed by atoms with E-state index >= 15 is 0 Å². The Morgan fingerprint density at radius 1 is 0.221 bits per heavy atom. The second-order valence-electron chi connectivity index (χ2n) is 17.7. The molecule has 0 aliphatic carbocycles. The van der Waals surface area contributed by atoms with Gasteiger partial charge in [0, 0.05) is 38.4 Å². The number of pyridine rings is 1. The van der Waals surface area contributed by atoms with E-state index in [0.29, 0.717) is 17.5 Å². The van der Waals surface area contributed by atoms with Gasteiger partial charge in [-0.3, -0.25) is 0 Å². The molecule has 0 aliphatic heterocycles. The van der Waals surface area contributed by atoms with E-state index in [1.165, 1.54) is 37.7 Å². The molecule has 0 saturated heterocycles. The lowest BCUT2D eigenvalue weighted by Crippen LogP contribution is -2.01. The average Bonchev–Trinajstić information content (AvgIpc) is 3.42. The molecule has 0 amide bonds. The fourth-order valence-electron chi connectivity index (χ4n) is 10.7. The molecule has 0 atom stereocenters. The largest absolute Gasteiger partial charge is 0.247 e. The Morgan fingerprint density at radius 2 is 0.603 bits per heavy atom. The average molecular weight is 863 g/mol. The Kier molecular flexibility index (Phi) is 8.55. The van der Waals surface area contributed by atoms with Gasteiger partial charge in [-0.25, -0.2) is 19.9 Å². The predicted octanol–water partition coefficient (Wildman–Crippen LogP) is 16.8. The Labute approximate surface area is 391 Å². The molecule has 68 heavy (non-hydrogen) atoms. The van der Waals surface area contributed by atoms with Crippen molar-refractivity contribution < 1.29 is 0 Å². The molecule has 2 aromatic heterocycles. The third-order valence-electron chi connectivity index (χ3n) is 13.8. The van der Waals surface area contributed by atoms with Crippen LogP contribution in [0.2, 0.25) is 0 Å². The first kappa shape index (κ1) is 38.2. The third kappa shape index (κ3) is 6.01. The van der Waals surface area contributed by atoms with E-state index in [4.69, 9.17) is 19.9 Å². The molecule has 2 heterocycles. The van der Waals surface area contributed by atoms with Gasteiger partial charge in [0.1, 0.15) is 0 Å². The highest BCUT2D eigenvalue weighted by atomic mass is 15.0. The Morgan fingerprint density at radius 3 is 1.16 bits per heavy atom. The summed E-state index contributed by atoms with van der Waals surface area (Å²) in [5.41, 5.74) is 7.97. The van der Waals surface area contributed by atoms with E-state index in [-0.39, 0.29) is 0 Å². The molecule has 4 heteroatoms. The number of hydrogen-bond acceptors (Lipinski definition) is 4. The lowest BCUT2D eigenvalue weighted by Gasteiger charge is -2.17. The molecule has 0 unspecified atom stereocenters. The standard InChI is InChI=1S/C64H38N4/c1-3-23-45-41(17-1)37-56(51-29-7-5-25-47(45)51)63-66-62(67-64(68-63)57-38-42-18-2-4-24-46(42)48-26-6-8-30-52(48)57)44-22-16-20-40(36-44)39-19-15-21-43(35-39)61-60-54-32-12-10-28-50(54)49-27-9-11-31-53(49)59(60)55-33-13-14-34-58(55)65-61/h1-38H. The van der Waals surface area contributed by atoms with Gasteiger partial charge in [-0.05, 0) is 106 Å². The van der Waals surface area contributed by atoms with Crippen molar-refractivity contribution in [2.24, 2.45) is 0 Å². The van der Waals surface area contributed by atoms with Crippen molar-refractivity contribution in [3.63, 3.8) is 0 Å². The van der Waals surface area contributed by atoms with E-state index in [2.05, 4.69) is 231 Å². The molecule has 0 fully saturated rings. The molecule has 0 bridgehead atoms. The van der Waals surface area contributed by atoms with Crippen LogP contribution in [0.4, 0.5) is 0 Å². The van der Waals surface area contributed by atoms with E-state index in [1.54, 1.807) is 0 Å². The molecule has 14 aromatic rings. The molecule has 4 nitrogen and oxygen atoms in total. The van der Waals surface area contributed by atoms with Crippen LogP contribution in [-0.2, 0) is 0 Å². The van der Waals surface area contributed by atoms with Gasteiger partial charge in [-0.2, -0.15) is 0 Å². The fourth-order valence-corrected chi connectivity index (χ4v) is 10.7. The van der Waals surface area contributed by atoms with Crippen LogP contribution in [-0.4, -0.2) is 19.9 Å². The van der Waals surface area contributed by atoms with Crippen LogP contribution in [0.15, 0.2) is 231 Å². The minimum Gasteiger partial charge on any atom is -0.247 e. The van der Waals surface area contributed by atoms with E-state index in [9.17, 15) is 0 Å². The zero-order chi connectivity index (χ0) is 44.7. The van der Waals surface area contributed by atoms with Crippen LogP contribution in [0.25, 0.3) is 143 Å². The summed E-state index contributed by atoms with van der Waals surface area (Å²) in [5.74, 6) is 1.87. The topological polar surface area (TPSA) is 51.6 Å². The number of nitrogens with zero attached hydrogens (tertiary/aromatic N) is 4. The Balaban J connectivity index is 0.979. The second-order valence-corrected chi connectivity index (χ2v) is 17.7. The maximum atomic E-state index is 5.46. The van der Waals surface area contributed by atoms with Crippen LogP contribution < -0.4 is 0 Å². The second kappa shape index (κ2) is 15.2. The zero-order valence-electron chi connectivity index (χ0n) is 36.7. The summed E-state index contributed by atoms with van der Waals surface area (Å²) in [6.07, 6.45) is 0. The van der Waals surface area contributed by atoms with Crippen molar-refractivity contribution in [1.29, 1.82) is 0 Å². The van der Waals surface area contributed by atoms with E-state index < -0.39 is 0 Å². The molecule has 14 rings (SSSR count). The lowest BCUT2D eigenvalue weighted by atomic mass is 9.89. The van der Waals surface area contributed by atoms with Crippen molar-refractivity contribution in [3.05, 3.63) is 231 Å². The number of benzene rings is 12. The summed E-state index contributed by atoms with van der Waals surface area (Å²) in [6, 6.07) is 82.2. The van der Waals surface area contributed by atoms with E-state index in [1.807, 2.05) is 0 Å². The summed E-state index contributed by atoms with van der Waals surface area (Å²) in [4.78, 5) is 21.6. The van der Waals surface area contributed by atoms with Crippen LogP contribution in [0, 0.1) is 0 Å². The van der Waals surface area contributed by atoms with Crippen LogP contribution in [0.3, 0.4) is 0 Å². The van der Waals surface area contributed by atoms with Gasteiger partial charge in [0.05, 0.1) is 11.2 Å². The fraction of sp³-hybridized carbons (Fsp3) is 0. The molecule has 0 N–H and O–H groups in total. The van der Waals surface area contributed by atoms with Crippen molar-refractivity contribution in [1.82, 2.24) is 19.9 Å². The maximum Gasteiger partial charge on any atom is 0.164 e. The number of rotatable bonds is 5. The summed E-state index contributed by atoms with van der Waals surface area (Å²) >= 11 is 0. The zero-order valence-corrected chi connectivity index (χ0v) is 36.7. The van der Waals surface area contributed by atoms with E-state index in [0.717, 1.165) is 87.7 Å². The highest BCUT2D eigenvalue weighted by Gasteiger charge is 2.21. The van der Waals surface area contributed by atoms with Crippen LogP contribution in [0.5, 0.6) is 0 Å². The number of hydrogen-bond donors (Lipinski definition) is 0. The van der Waals surface area contributed by atoms with Gasteiger partial charge in [0.15, 0.2) is 17.5 Å². The summed E-state index contributed by atoms with van der Waals surface area (Å²) in [5, 5.41) is 17.6. The summed E-state index contributed by atoms with van der Waals surface area (Å²) in [6.45, 7) is 0. The van der Waals surface area contributed by atoms with Crippen molar-refractivity contribution in [2.75, 3.05) is 0 Å². The van der Waals surface area contributed by atoms with Crippen molar-refractivity contribution in [3.8, 4) is 56.5 Å². The van der Waals surface area contributed by atoms with Crippen molar-refractivity contribution in [2.45, 2.75) is 0 Å². The molecular formula is C64H38N4. The van der Waals surface area contributed by atoms with Crippen LogP contribution >= 0.6 is 0 Å². The van der Waals surface area contributed by atoms with Gasteiger partial charge in [0.25, 0.3) is 0 Å². The van der Waals surface area contributed by atoms with Gasteiger partial charge in [-0.1, -0.05) is 200 Å². The monoisotopic (exact) mass is 862 g/mol. The predicted molar refractivity (Wildman–Crippen MR) is 285 cm³/mol. The molecule has 0 saturated carbocycles. The molecule has 314 valence electrons. The molecule has 12 aromatic carbocycles. The van der Waals surface area contributed by atoms with Gasteiger partial charge in [0.2, 0.25) is 0 Å². The van der Waals surface area contributed by atoms with Gasteiger partial charge >= 0.3 is 0 Å². The first-order valence-corrected chi connectivity index (χ1v) is 23.1. The minimum atomic E-state index is 0.609. The van der Waals surface area contributed by atoms with Crippen molar-refractivity contribution >= 4 is 86.3 Å². The smallest absolute Gasteiger partial charge is 0.164 e. The summed E-state index contributed by atoms with van der Waals surface area (Å²) < 4.78 is 0. The SMILES string of the molecule is c1cc(-c2cccc(-c3nc4ccccc4c4c5ccccc5c5ccccc5c34)c2)cc(-c2nc(-c3cc4ccccc4c4ccccc34)nc(-c3cc4ccccc4c4ccccc34)n2)c1. The highest BCUT2D eigenvalue weighted by Crippen LogP contribution is 2.44. The highest BCUT2D eigenvalue weighted by molar-refractivity contribution is 6.33. The first-order chi connectivity index (χ1) is 33.7. The number of para-hydroxylation sites is 1. The molecule has 0 radical (unpaired) electrons. The lowest BCUT2D eigenvalue weighted by molar-refractivity contribution is 1.08. The first-order valence-electron chi connectivity index (χ1n) is 23.1. The minimum absolute atomic E-state index is 0.609. The summed E-state index contributed by atoms with van der Waals surface area (Å²) in [7, 11) is 0. The van der Waals surface area contributed by atoms with Gasteiger partial charge < -0.3 is 0 Å². The Bertz CT molecular complexity index is 4260. The third-order valence-corrected chi connectivity index (χ3v) is 13.8. The Hall–Kier alpha value is -9.12. The molecular weight excluding hydrogens is 825 g/mol. The molecule has 0 aliphatic rings. The quantitative estimate of drug-likeness (QED) is 0.162.